The first kappa shape index (κ1) is 24.1. The first-order chi connectivity index (χ1) is 18.3. The van der Waals surface area contributed by atoms with Gasteiger partial charge in [-0.2, -0.15) is 13.2 Å². The minimum absolute atomic E-state index is 0.0600. The number of alkyl halides is 3. The molecule has 0 N–H and O–H groups in total. The van der Waals surface area contributed by atoms with Crippen LogP contribution in [0.5, 0.6) is 0 Å². The highest BCUT2D eigenvalue weighted by atomic mass is 19.4. The Labute approximate surface area is 215 Å². The van der Waals surface area contributed by atoms with Crippen LogP contribution in [0.2, 0.25) is 0 Å². The summed E-state index contributed by atoms with van der Waals surface area (Å²) < 4.78 is 40.5. The van der Waals surface area contributed by atoms with E-state index >= 15 is 0 Å². The standard InChI is InChI=1S/C27H23F3N6O2/c28-27(29,30)20-3-5-21(6-4-20)35-11-8-18-14-19(2-7-23(18)35)25(38)34-15-22(16-34)33-12-13-36(24(37)17-33)26-31-9-1-10-32-26/h1-11,14,22H,12-13,15-17H2. The van der Waals surface area contributed by atoms with E-state index in [1.165, 1.54) is 12.1 Å². The largest absolute Gasteiger partial charge is 0.416 e. The third-order valence-corrected chi connectivity index (χ3v) is 7.12. The third-order valence-electron chi connectivity index (χ3n) is 7.12. The fraction of sp³-hybridized carbons (Fsp3) is 0.259. The average Bonchev–Trinajstić information content (AvgIpc) is 3.31. The van der Waals surface area contributed by atoms with Gasteiger partial charge in [0.2, 0.25) is 11.9 Å². The maximum atomic E-state index is 13.1. The zero-order valence-corrected chi connectivity index (χ0v) is 20.2. The number of fused-ring (bicyclic) bond motifs is 1. The second-order valence-corrected chi connectivity index (χ2v) is 9.43. The molecule has 38 heavy (non-hydrogen) atoms. The van der Waals surface area contributed by atoms with Crippen LogP contribution in [0.4, 0.5) is 19.1 Å². The van der Waals surface area contributed by atoms with Crippen LogP contribution in [0.3, 0.4) is 0 Å². The number of piperazine rings is 1. The SMILES string of the molecule is O=C(c1ccc2c(ccn2-c2ccc(C(F)(F)F)cc2)c1)N1CC(N2CCN(c3ncccn3)C(=O)C2)C1. The van der Waals surface area contributed by atoms with Crippen molar-refractivity contribution in [3.8, 4) is 5.69 Å². The predicted molar refractivity (Wildman–Crippen MR) is 134 cm³/mol. The van der Waals surface area contributed by atoms with Crippen LogP contribution < -0.4 is 4.90 Å². The van der Waals surface area contributed by atoms with Crippen LogP contribution in [0.15, 0.2) is 73.2 Å². The van der Waals surface area contributed by atoms with Crippen molar-refractivity contribution in [1.82, 2.24) is 24.3 Å². The summed E-state index contributed by atoms with van der Waals surface area (Å²) in [4.78, 5) is 39.5. The summed E-state index contributed by atoms with van der Waals surface area (Å²) in [7, 11) is 0. The summed E-state index contributed by atoms with van der Waals surface area (Å²) in [5, 5.41) is 0.817. The summed E-state index contributed by atoms with van der Waals surface area (Å²) in [5.41, 5.74) is 1.24. The van der Waals surface area contributed by atoms with Crippen molar-refractivity contribution < 1.29 is 22.8 Å². The quantitative estimate of drug-likeness (QED) is 0.411. The molecule has 0 radical (unpaired) electrons. The second-order valence-electron chi connectivity index (χ2n) is 9.43. The van der Waals surface area contributed by atoms with E-state index in [2.05, 4.69) is 14.9 Å². The van der Waals surface area contributed by atoms with Crippen LogP contribution in [-0.4, -0.2) is 74.9 Å². The number of benzene rings is 2. The molecule has 6 rings (SSSR count). The Morgan fingerprint density at radius 3 is 2.37 bits per heavy atom. The van der Waals surface area contributed by atoms with Crippen molar-refractivity contribution in [2.45, 2.75) is 12.2 Å². The number of halogens is 3. The molecule has 4 aromatic rings. The number of carbonyl (C=O) groups is 2. The molecule has 11 heteroatoms. The highest BCUT2D eigenvalue weighted by Gasteiger charge is 2.39. The first-order valence-corrected chi connectivity index (χ1v) is 12.2. The van der Waals surface area contributed by atoms with E-state index in [4.69, 9.17) is 0 Å². The van der Waals surface area contributed by atoms with Gasteiger partial charge in [0.25, 0.3) is 5.91 Å². The van der Waals surface area contributed by atoms with Gasteiger partial charge in [0.15, 0.2) is 0 Å². The van der Waals surface area contributed by atoms with Crippen molar-refractivity contribution in [1.29, 1.82) is 0 Å². The minimum atomic E-state index is -4.39. The zero-order chi connectivity index (χ0) is 26.4. The van der Waals surface area contributed by atoms with Crippen LogP contribution >= 0.6 is 0 Å². The molecule has 2 fully saturated rings. The average molecular weight is 521 g/mol. The number of amides is 2. The van der Waals surface area contributed by atoms with Gasteiger partial charge in [-0.3, -0.25) is 19.4 Å². The fourth-order valence-corrected chi connectivity index (χ4v) is 4.99. The van der Waals surface area contributed by atoms with Gasteiger partial charge < -0.3 is 9.47 Å². The van der Waals surface area contributed by atoms with E-state index in [0.717, 1.165) is 23.0 Å². The monoisotopic (exact) mass is 520 g/mol. The van der Waals surface area contributed by atoms with Gasteiger partial charge >= 0.3 is 6.18 Å². The Balaban J connectivity index is 1.09. The van der Waals surface area contributed by atoms with Gasteiger partial charge in [-0.25, -0.2) is 9.97 Å². The summed E-state index contributed by atoms with van der Waals surface area (Å²) in [6, 6.07) is 14.0. The Morgan fingerprint density at radius 1 is 0.947 bits per heavy atom. The molecule has 4 heterocycles. The lowest BCUT2D eigenvalue weighted by atomic mass is 10.0. The van der Waals surface area contributed by atoms with Gasteiger partial charge in [-0.15, -0.1) is 0 Å². The van der Waals surface area contributed by atoms with Crippen molar-refractivity contribution in [3.63, 3.8) is 0 Å². The topological polar surface area (TPSA) is 74.6 Å². The van der Waals surface area contributed by atoms with Gasteiger partial charge in [-0.05, 0) is 54.6 Å². The van der Waals surface area contributed by atoms with E-state index in [-0.39, 0.29) is 24.4 Å². The maximum absolute atomic E-state index is 13.1. The lowest BCUT2D eigenvalue weighted by Gasteiger charge is -2.47. The second kappa shape index (κ2) is 9.25. The van der Waals surface area contributed by atoms with E-state index in [9.17, 15) is 22.8 Å². The summed E-state index contributed by atoms with van der Waals surface area (Å²) in [5.74, 6) is 0.258. The molecule has 194 valence electrons. The molecule has 2 aromatic heterocycles. The van der Waals surface area contributed by atoms with E-state index in [0.29, 0.717) is 43.4 Å². The number of likely N-dealkylation sites (tertiary alicyclic amines) is 1. The van der Waals surface area contributed by atoms with Crippen LogP contribution in [0.25, 0.3) is 16.6 Å². The van der Waals surface area contributed by atoms with Gasteiger partial charge in [-0.1, -0.05) is 0 Å². The molecular weight excluding hydrogens is 497 g/mol. The Hall–Kier alpha value is -4.25. The molecule has 0 bridgehead atoms. The first-order valence-electron chi connectivity index (χ1n) is 12.2. The van der Waals surface area contributed by atoms with E-state index in [1.807, 2.05) is 6.07 Å². The molecule has 2 saturated heterocycles. The van der Waals surface area contributed by atoms with Crippen LogP contribution in [0.1, 0.15) is 15.9 Å². The van der Waals surface area contributed by atoms with Gasteiger partial charge in [0, 0.05) is 67.4 Å². The predicted octanol–water partition coefficient (Wildman–Crippen LogP) is 3.61. The number of anilines is 1. The highest BCUT2D eigenvalue weighted by molar-refractivity contribution is 5.99. The van der Waals surface area contributed by atoms with Crippen molar-refractivity contribution in [2.75, 3.05) is 37.6 Å². The molecule has 0 saturated carbocycles. The van der Waals surface area contributed by atoms with Crippen molar-refractivity contribution in [3.05, 3.63) is 84.3 Å². The Kier molecular flexibility index (Phi) is 5.87. The smallest absolute Gasteiger partial charge is 0.335 e. The lowest BCUT2D eigenvalue weighted by Crippen LogP contribution is -2.65. The van der Waals surface area contributed by atoms with Crippen LogP contribution in [-0.2, 0) is 11.0 Å². The summed E-state index contributed by atoms with van der Waals surface area (Å²) in [6.45, 7) is 2.52. The zero-order valence-electron chi connectivity index (χ0n) is 20.2. The van der Waals surface area contributed by atoms with Gasteiger partial charge in [0.05, 0.1) is 17.6 Å². The molecule has 2 aromatic carbocycles. The van der Waals surface area contributed by atoms with Gasteiger partial charge in [0.1, 0.15) is 0 Å². The maximum Gasteiger partial charge on any atom is 0.416 e. The normalized spacial score (nSPS) is 17.2. The molecule has 0 unspecified atom stereocenters. The molecule has 8 nitrogen and oxygen atoms in total. The number of rotatable bonds is 4. The number of carbonyl (C=O) groups excluding carboxylic acids is 2. The lowest BCUT2D eigenvalue weighted by molar-refractivity contribution is -0.137. The molecule has 2 amide bonds. The molecule has 0 atom stereocenters. The summed E-state index contributed by atoms with van der Waals surface area (Å²) in [6.07, 6.45) is 0.610. The van der Waals surface area contributed by atoms with E-state index < -0.39 is 11.7 Å². The Bertz CT molecular complexity index is 1500. The van der Waals surface area contributed by atoms with Crippen LogP contribution in [0, 0.1) is 0 Å². The van der Waals surface area contributed by atoms with Crippen molar-refractivity contribution >= 4 is 28.7 Å². The van der Waals surface area contributed by atoms with Crippen molar-refractivity contribution in [2.24, 2.45) is 0 Å². The Morgan fingerprint density at radius 2 is 1.68 bits per heavy atom. The fourth-order valence-electron chi connectivity index (χ4n) is 4.99. The summed E-state index contributed by atoms with van der Waals surface area (Å²) >= 11 is 0. The number of hydrogen-bond donors (Lipinski definition) is 0. The molecule has 0 aliphatic carbocycles. The molecule has 0 spiro atoms. The number of nitrogens with zero attached hydrogens (tertiary/aromatic N) is 6. The highest BCUT2D eigenvalue weighted by Crippen LogP contribution is 2.31. The molecule has 2 aliphatic rings. The molecular formula is C27H23F3N6O2. The third kappa shape index (κ3) is 4.38. The van der Waals surface area contributed by atoms with E-state index in [1.54, 1.807) is 57.2 Å². The number of hydrogen-bond acceptors (Lipinski definition) is 5. The molecule has 2 aliphatic heterocycles. The number of aromatic nitrogens is 3. The minimum Gasteiger partial charge on any atom is -0.335 e.